The predicted octanol–water partition coefficient (Wildman–Crippen LogP) is 3.97. The van der Waals surface area contributed by atoms with E-state index in [0.29, 0.717) is 0 Å². The van der Waals surface area contributed by atoms with Crippen LogP contribution in [-0.2, 0) is 18.3 Å². The minimum absolute atomic E-state index is 0.0685. The minimum atomic E-state index is -0.171. The van der Waals surface area contributed by atoms with Gasteiger partial charge in [0.2, 0.25) is 5.91 Å². The number of carbonyl (C=O) groups excluding carboxylic acids is 1. The van der Waals surface area contributed by atoms with Gasteiger partial charge in [0.05, 0.1) is 5.25 Å². The van der Waals surface area contributed by atoms with Crippen LogP contribution in [0.4, 0.5) is 0 Å². The van der Waals surface area contributed by atoms with Crippen LogP contribution in [0.2, 0.25) is 0 Å². The second-order valence-corrected chi connectivity index (χ2v) is 10.9. The molecule has 29 heavy (non-hydrogen) atoms. The summed E-state index contributed by atoms with van der Waals surface area (Å²) in [7, 11) is 1.99. The van der Waals surface area contributed by atoms with Gasteiger partial charge in [-0.3, -0.25) is 4.79 Å². The van der Waals surface area contributed by atoms with Gasteiger partial charge in [-0.25, -0.2) is 0 Å². The van der Waals surface area contributed by atoms with Crippen LogP contribution >= 0.6 is 11.8 Å². The summed E-state index contributed by atoms with van der Waals surface area (Å²) < 4.78 is 2.02. The summed E-state index contributed by atoms with van der Waals surface area (Å²) in [4.78, 5) is 13.1. The van der Waals surface area contributed by atoms with Crippen molar-refractivity contribution in [3.8, 4) is 0 Å². The van der Waals surface area contributed by atoms with E-state index < -0.39 is 0 Å². The summed E-state index contributed by atoms with van der Waals surface area (Å²) in [5.41, 5.74) is 1.28. The van der Waals surface area contributed by atoms with Gasteiger partial charge < -0.3 is 9.88 Å². The van der Waals surface area contributed by atoms with Crippen molar-refractivity contribution in [2.24, 2.45) is 24.8 Å². The highest BCUT2D eigenvalue weighted by Gasteiger charge is 2.51. The predicted molar refractivity (Wildman–Crippen MR) is 115 cm³/mol. The number of aromatic nitrogens is 3. The highest BCUT2D eigenvalue weighted by atomic mass is 32.2. The van der Waals surface area contributed by atoms with Crippen molar-refractivity contribution in [1.82, 2.24) is 20.1 Å². The summed E-state index contributed by atoms with van der Waals surface area (Å²) in [6.45, 7) is 1.99. The lowest BCUT2D eigenvalue weighted by Crippen LogP contribution is -2.60. The Balaban J connectivity index is 1.23. The van der Waals surface area contributed by atoms with Gasteiger partial charge >= 0.3 is 0 Å². The fourth-order valence-corrected chi connectivity index (χ4v) is 7.05. The Morgan fingerprint density at radius 1 is 1.14 bits per heavy atom. The number of nitrogens with one attached hydrogen (secondary N) is 1. The zero-order valence-electron chi connectivity index (χ0n) is 17.3. The Morgan fingerprint density at radius 3 is 2.38 bits per heavy atom. The van der Waals surface area contributed by atoms with Gasteiger partial charge in [0.25, 0.3) is 0 Å². The molecule has 2 aromatic rings. The lowest BCUT2D eigenvalue weighted by atomic mass is 9.53. The number of amides is 1. The molecule has 154 valence electrons. The maximum Gasteiger partial charge on any atom is 0.233 e. The third-order valence-electron chi connectivity index (χ3n) is 7.21. The van der Waals surface area contributed by atoms with E-state index >= 15 is 0 Å². The number of rotatable bonds is 6. The molecule has 1 heterocycles. The SMILES string of the molecule is C[C@@H](Sc1nnc(Cc2ccccc2)n1C)C(=O)NC12CC3CC(CC(C3)C1)C2. The fourth-order valence-electron chi connectivity index (χ4n) is 6.22. The van der Waals surface area contributed by atoms with Crippen molar-refractivity contribution in [1.29, 1.82) is 0 Å². The molecule has 1 N–H and O–H groups in total. The lowest BCUT2D eigenvalue weighted by Gasteiger charge is -2.57. The molecule has 1 aromatic heterocycles. The molecule has 4 aliphatic rings. The summed E-state index contributed by atoms with van der Waals surface area (Å²) in [5.74, 6) is 3.59. The van der Waals surface area contributed by atoms with E-state index in [4.69, 9.17) is 0 Å². The standard InChI is InChI=1S/C23H30N4OS/c1-15(21(28)24-23-12-17-8-18(13-23)10-19(9-17)14-23)29-22-26-25-20(27(22)2)11-16-6-4-3-5-7-16/h3-7,15,17-19H,8-14H2,1-2H3,(H,24,28)/t15-,17?,18?,19?,23?/m1/s1. The number of hydrogen-bond donors (Lipinski definition) is 1. The number of hydrogen-bond acceptors (Lipinski definition) is 4. The van der Waals surface area contributed by atoms with Crippen LogP contribution in [0.25, 0.3) is 0 Å². The highest BCUT2D eigenvalue weighted by Crippen LogP contribution is 2.55. The molecule has 6 heteroatoms. The molecule has 1 atom stereocenters. The number of nitrogens with zero attached hydrogens (tertiary/aromatic N) is 3. The van der Waals surface area contributed by atoms with Crippen molar-refractivity contribution in [3.63, 3.8) is 0 Å². The van der Waals surface area contributed by atoms with Crippen molar-refractivity contribution in [2.45, 2.75) is 67.8 Å². The van der Waals surface area contributed by atoms with Crippen LogP contribution in [0, 0.1) is 17.8 Å². The van der Waals surface area contributed by atoms with Gasteiger partial charge in [0.1, 0.15) is 5.82 Å². The van der Waals surface area contributed by atoms with Gasteiger partial charge in [-0.05, 0) is 68.8 Å². The fraction of sp³-hybridized carbons (Fsp3) is 0.609. The molecule has 0 unspecified atom stereocenters. The largest absolute Gasteiger partial charge is 0.350 e. The molecule has 1 amide bonds. The number of thioether (sulfide) groups is 1. The summed E-state index contributed by atoms with van der Waals surface area (Å²) in [6.07, 6.45) is 8.49. The number of carbonyl (C=O) groups is 1. The Labute approximate surface area is 177 Å². The second kappa shape index (κ2) is 7.46. The van der Waals surface area contributed by atoms with Gasteiger partial charge in [-0.15, -0.1) is 10.2 Å². The zero-order valence-corrected chi connectivity index (χ0v) is 18.1. The maximum absolute atomic E-state index is 13.1. The van der Waals surface area contributed by atoms with Crippen LogP contribution in [0.15, 0.2) is 35.5 Å². The topological polar surface area (TPSA) is 59.8 Å². The van der Waals surface area contributed by atoms with Crippen molar-refractivity contribution in [3.05, 3.63) is 41.7 Å². The summed E-state index contributed by atoms with van der Waals surface area (Å²) >= 11 is 1.52. The summed E-state index contributed by atoms with van der Waals surface area (Å²) in [5, 5.41) is 12.9. The molecule has 0 radical (unpaired) electrons. The molecule has 4 saturated carbocycles. The molecule has 5 nitrogen and oxygen atoms in total. The Kier molecular flexibility index (Phi) is 4.93. The van der Waals surface area contributed by atoms with Crippen molar-refractivity contribution >= 4 is 17.7 Å². The smallest absolute Gasteiger partial charge is 0.233 e. The first-order valence-electron chi connectivity index (χ1n) is 10.9. The van der Waals surface area contributed by atoms with Crippen LogP contribution in [0.3, 0.4) is 0 Å². The minimum Gasteiger partial charge on any atom is -0.350 e. The molecule has 0 saturated heterocycles. The number of benzene rings is 1. The molecular formula is C23H30N4OS. The average molecular weight is 411 g/mol. The molecule has 4 bridgehead atoms. The molecule has 4 fully saturated rings. The van der Waals surface area contributed by atoms with E-state index in [1.54, 1.807) is 0 Å². The lowest BCUT2D eigenvalue weighted by molar-refractivity contribution is -0.126. The zero-order chi connectivity index (χ0) is 20.0. The van der Waals surface area contributed by atoms with Gasteiger partial charge in [0, 0.05) is 19.0 Å². The van der Waals surface area contributed by atoms with Crippen LogP contribution in [0.5, 0.6) is 0 Å². The molecule has 4 aliphatic carbocycles. The third-order valence-corrected chi connectivity index (χ3v) is 8.34. The van der Waals surface area contributed by atoms with E-state index in [0.717, 1.165) is 35.2 Å². The first-order valence-corrected chi connectivity index (χ1v) is 11.8. The van der Waals surface area contributed by atoms with E-state index in [2.05, 4.69) is 27.6 Å². The van der Waals surface area contributed by atoms with E-state index in [1.807, 2.05) is 36.7 Å². The van der Waals surface area contributed by atoms with Gasteiger partial charge in [-0.2, -0.15) is 0 Å². The molecule has 0 aliphatic heterocycles. The Hall–Kier alpha value is -1.82. The first kappa shape index (κ1) is 19.2. The molecule has 1 aromatic carbocycles. The Bertz CT molecular complexity index is 858. The quantitative estimate of drug-likeness (QED) is 0.732. The van der Waals surface area contributed by atoms with Gasteiger partial charge in [-0.1, -0.05) is 42.1 Å². The Morgan fingerprint density at radius 2 is 1.76 bits per heavy atom. The van der Waals surface area contributed by atoms with E-state index in [1.165, 1.54) is 55.9 Å². The van der Waals surface area contributed by atoms with Crippen LogP contribution in [-0.4, -0.2) is 31.5 Å². The molecular weight excluding hydrogens is 380 g/mol. The maximum atomic E-state index is 13.1. The van der Waals surface area contributed by atoms with Crippen LogP contribution < -0.4 is 5.32 Å². The summed E-state index contributed by atoms with van der Waals surface area (Å²) in [6, 6.07) is 10.3. The van der Waals surface area contributed by atoms with Gasteiger partial charge in [0.15, 0.2) is 5.16 Å². The third kappa shape index (κ3) is 3.83. The molecule has 6 rings (SSSR count). The highest BCUT2D eigenvalue weighted by molar-refractivity contribution is 8.00. The van der Waals surface area contributed by atoms with E-state index in [9.17, 15) is 4.79 Å². The average Bonchev–Trinajstić information content (AvgIpc) is 3.01. The van der Waals surface area contributed by atoms with E-state index in [-0.39, 0.29) is 16.7 Å². The second-order valence-electron chi connectivity index (χ2n) is 9.57. The molecule has 0 spiro atoms. The van der Waals surface area contributed by atoms with Crippen molar-refractivity contribution < 1.29 is 4.79 Å². The normalized spacial score (nSPS) is 31.0. The monoisotopic (exact) mass is 410 g/mol. The first-order chi connectivity index (χ1) is 14.0. The van der Waals surface area contributed by atoms with Crippen molar-refractivity contribution in [2.75, 3.05) is 0 Å². The van der Waals surface area contributed by atoms with Crippen LogP contribution in [0.1, 0.15) is 56.8 Å².